The molecule has 0 aliphatic carbocycles. The Morgan fingerprint density at radius 3 is 2.76 bits per heavy atom. The van der Waals surface area contributed by atoms with Crippen molar-refractivity contribution in [2.24, 2.45) is 5.92 Å². The van der Waals surface area contributed by atoms with Crippen molar-refractivity contribution in [3.63, 3.8) is 0 Å². The van der Waals surface area contributed by atoms with Gasteiger partial charge in [-0.2, -0.15) is 0 Å². The Kier molecular flexibility index (Phi) is 4.78. The Balaban J connectivity index is 2.27. The van der Waals surface area contributed by atoms with Gasteiger partial charge in [0, 0.05) is 30.4 Å². The van der Waals surface area contributed by atoms with Gasteiger partial charge in [-0.05, 0) is 36.5 Å². The summed E-state index contributed by atoms with van der Waals surface area (Å²) in [7, 11) is 0. The van der Waals surface area contributed by atoms with Gasteiger partial charge in [0.2, 0.25) is 0 Å². The predicted octanol–water partition coefficient (Wildman–Crippen LogP) is 2.92. The van der Waals surface area contributed by atoms with E-state index in [1.54, 1.807) is 6.07 Å². The van der Waals surface area contributed by atoms with Gasteiger partial charge in [-0.25, -0.2) is 4.79 Å². The first kappa shape index (κ1) is 15.3. The molecule has 0 bridgehead atoms. The highest BCUT2D eigenvalue weighted by Gasteiger charge is 2.19. The molecule has 0 spiro atoms. The van der Waals surface area contributed by atoms with Crippen molar-refractivity contribution in [1.82, 2.24) is 0 Å². The van der Waals surface area contributed by atoms with Gasteiger partial charge >= 0.3 is 5.97 Å². The molecule has 1 aromatic rings. The van der Waals surface area contributed by atoms with E-state index in [1.807, 2.05) is 12.1 Å². The van der Waals surface area contributed by atoms with Crippen molar-refractivity contribution in [3.8, 4) is 0 Å². The number of fused-ring (bicyclic) bond motifs is 1. The lowest BCUT2D eigenvalue weighted by atomic mass is 9.97. The van der Waals surface area contributed by atoms with Crippen LogP contribution < -0.4 is 4.90 Å². The molecular formula is C17H21NO3. The molecule has 4 nitrogen and oxygen atoms in total. The summed E-state index contributed by atoms with van der Waals surface area (Å²) in [6.07, 6.45) is 4.16. The van der Waals surface area contributed by atoms with E-state index in [-0.39, 0.29) is 5.78 Å². The molecule has 112 valence electrons. The summed E-state index contributed by atoms with van der Waals surface area (Å²) in [6, 6.07) is 5.67. The number of anilines is 1. The monoisotopic (exact) mass is 287 g/mol. The first-order chi connectivity index (χ1) is 9.97. The number of carboxylic acid groups (broad SMARTS) is 1. The third-order valence-electron chi connectivity index (χ3n) is 3.55. The number of aryl methyl sites for hydroxylation is 1. The molecule has 0 aromatic heterocycles. The summed E-state index contributed by atoms with van der Waals surface area (Å²) in [5, 5.41) is 8.60. The van der Waals surface area contributed by atoms with Crippen LogP contribution in [0.4, 0.5) is 5.69 Å². The van der Waals surface area contributed by atoms with E-state index in [0.717, 1.165) is 43.8 Å². The van der Waals surface area contributed by atoms with Crippen molar-refractivity contribution in [1.29, 1.82) is 0 Å². The Morgan fingerprint density at radius 1 is 1.33 bits per heavy atom. The van der Waals surface area contributed by atoms with Gasteiger partial charge in [0.1, 0.15) is 0 Å². The van der Waals surface area contributed by atoms with Crippen LogP contribution in [0.1, 0.15) is 36.2 Å². The van der Waals surface area contributed by atoms with Crippen LogP contribution in [0.5, 0.6) is 0 Å². The van der Waals surface area contributed by atoms with Crippen molar-refractivity contribution in [2.45, 2.75) is 26.7 Å². The van der Waals surface area contributed by atoms with Crippen molar-refractivity contribution in [3.05, 3.63) is 41.5 Å². The topological polar surface area (TPSA) is 57.6 Å². The minimum absolute atomic E-state index is 0.268. The van der Waals surface area contributed by atoms with Crippen LogP contribution >= 0.6 is 0 Å². The molecule has 2 rings (SSSR count). The maximum absolute atomic E-state index is 12.0. The molecule has 0 amide bonds. The van der Waals surface area contributed by atoms with E-state index in [4.69, 9.17) is 5.11 Å². The summed E-state index contributed by atoms with van der Waals surface area (Å²) in [6.45, 7) is 6.33. The average molecular weight is 287 g/mol. The van der Waals surface area contributed by atoms with Gasteiger partial charge < -0.3 is 10.0 Å². The van der Waals surface area contributed by atoms with Gasteiger partial charge in [0.25, 0.3) is 0 Å². The second kappa shape index (κ2) is 6.57. The van der Waals surface area contributed by atoms with E-state index < -0.39 is 5.97 Å². The number of hydrogen-bond donors (Lipinski definition) is 1. The molecule has 0 saturated heterocycles. The molecule has 1 aromatic carbocycles. The molecule has 1 aliphatic rings. The van der Waals surface area contributed by atoms with E-state index in [1.165, 1.54) is 5.56 Å². The zero-order chi connectivity index (χ0) is 15.4. The van der Waals surface area contributed by atoms with E-state index >= 15 is 0 Å². The zero-order valence-corrected chi connectivity index (χ0v) is 12.5. The maximum Gasteiger partial charge on any atom is 0.328 e. The van der Waals surface area contributed by atoms with Gasteiger partial charge in [-0.15, -0.1) is 0 Å². The second-order valence-electron chi connectivity index (χ2n) is 5.82. The highest BCUT2D eigenvalue weighted by atomic mass is 16.4. The number of nitrogens with zero attached hydrogens (tertiary/aromatic N) is 1. The van der Waals surface area contributed by atoms with Crippen LogP contribution in [0.25, 0.3) is 0 Å². The molecule has 0 saturated carbocycles. The standard InChI is InChI=1S/C17H21NO3/c1-12(2)11-18-9-3-4-13-5-6-14(10-15(13)18)16(19)7-8-17(20)21/h5-8,10,12H,3-4,9,11H2,1-2H3,(H,20,21)/b8-7+. The van der Waals surface area contributed by atoms with Gasteiger partial charge in [0.15, 0.2) is 5.78 Å². The third-order valence-corrected chi connectivity index (χ3v) is 3.55. The first-order valence-corrected chi connectivity index (χ1v) is 7.30. The second-order valence-corrected chi connectivity index (χ2v) is 5.82. The Labute approximate surface area is 125 Å². The summed E-state index contributed by atoms with van der Waals surface area (Å²) >= 11 is 0. The number of rotatable bonds is 5. The van der Waals surface area contributed by atoms with Crippen LogP contribution in [0.2, 0.25) is 0 Å². The number of benzene rings is 1. The Hall–Kier alpha value is -2.10. The molecule has 0 atom stereocenters. The average Bonchev–Trinajstić information content (AvgIpc) is 2.44. The molecule has 0 fully saturated rings. The molecular weight excluding hydrogens is 266 g/mol. The van der Waals surface area contributed by atoms with Gasteiger partial charge in [-0.3, -0.25) is 4.79 Å². The predicted molar refractivity (Wildman–Crippen MR) is 82.9 cm³/mol. The Morgan fingerprint density at radius 2 is 2.10 bits per heavy atom. The molecule has 1 aliphatic heterocycles. The fourth-order valence-corrected chi connectivity index (χ4v) is 2.68. The van der Waals surface area contributed by atoms with E-state index in [9.17, 15) is 9.59 Å². The molecule has 0 unspecified atom stereocenters. The molecule has 0 radical (unpaired) electrons. The maximum atomic E-state index is 12.0. The van der Waals surface area contributed by atoms with Crippen LogP contribution in [0, 0.1) is 5.92 Å². The molecule has 4 heteroatoms. The first-order valence-electron chi connectivity index (χ1n) is 7.30. The number of allylic oxidation sites excluding steroid dienone is 1. The lowest BCUT2D eigenvalue weighted by Gasteiger charge is -2.33. The zero-order valence-electron chi connectivity index (χ0n) is 12.5. The van der Waals surface area contributed by atoms with Crippen LogP contribution in [0.15, 0.2) is 30.4 Å². The van der Waals surface area contributed by atoms with Crippen LogP contribution in [-0.2, 0) is 11.2 Å². The molecule has 21 heavy (non-hydrogen) atoms. The van der Waals surface area contributed by atoms with Gasteiger partial charge in [0.05, 0.1) is 0 Å². The normalized spacial score (nSPS) is 14.5. The lowest BCUT2D eigenvalue weighted by molar-refractivity contribution is -0.131. The molecule has 1 heterocycles. The van der Waals surface area contributed by atoms with Crippen molar-refractivity contribution >= 4 is 17.4 Å². The highest BCUT2D eigenvalue weighted by Crippen LogP contribution is 2.29. The molecule has 1 N–H and O–H groups in total. The SMILES string of the molecule is CC(C)CN1CCCc2ccc(C(=O)/C=C/C(=O)O)cc21. The lowest BCUT2D eigenvalue weighted by Crippen LogP contribution is -2.32. The number of carbonyl (C=O) groups excluding carboxylic acids is 1. The number of aliphatic carboxylic acids is 1. The minimum atomic E-state index is -1.11. The summed E-state index contributed by atoms with van der Waals surface area (Å²) < 4.78 is 0. The summed E-state index contributed by atoms with van der Waals surface area (Å²) in [5.74, 6) is -0.819. The van der Waals surface area contributed by atoms with Crippen molar-refractivity contribution < 1.29 is 14.7 Å². The summed E-state index contributed by atoms with van der Waals surface area (Å²) in [5.41, 5.74) is 2.92. The fourth-order valence-electron chi connectivity index (χ4n) is 2.68. The van der Waals surface area contributed by atoms with Crippen LogP contribution in [-0.4, -0.2) is 29.9 Å². The Bertz CT molecular complexity index is 575. The van der Waals surface area contributed by atoms with E-state index in [2.05, 4.69) is 18.7 Å². The van der Waals surface area contributed by atoms with E-state index in [0.29, 0.717) is 11.5 Å². The summed E-state index contributed by atoms with van der Waals surface area (Å²) in [4.78, 5) is 24.8. The minimum Gasteiger partial charge on any atom is -0.478 e. The van der Waals surface area contributed by atoms with Crippen LogP contribution in [0.3, 0.4) is 0 Å². The van der Waals surface area contributed by atoms with Crippen molar-refractivity contribution in [2.75, 3.05) is 18.0 Å². The third kappa shape index (κ3) is 3.94. The number of carbonyl (C=O) groups is 2. The largest absolute Gasteiger partial charge is 0.478 e. The smallest absolute Gasteiger partial charge is 0.328 e. The fraction of sp³-hybridized carbons (Fsp3) is 0.412. The van der Waals surface area contributed by atoms with Gasteiger partial charge in [-0.1, -0.05) is 26.0 Å². The number of hydrogen-bond acceptors (Lipinski definition) is 3. The highest BCUT2D eigenvalue weighted by molar-refractivity contribution is 6.07. The quantitative estimate of drug-likeness (QED) is 0.668. The number of ketones is 1. The number of carboxylic acids is 1.